The highest BCUT2D eigenvalue weighted by Crippen LogP contribution is 2.13. The minimum atomic E-state index is -0.0556. The fourth-order valence-electron chi connectivity index (χ4n) is 2.21. The number of aromatic nitrogens is 2. The summed E-state index contributed by atoms with van der Waals surface area (Å²) in [5.41, 5.74) is 1.61. The fourth-order valence-corrected chi connectivity index (χ4v) is 2.21. The van der Waals surface area contributed by atoms with Crippen molar-refractivity contribution >= 4 is 11.9 Å². The summed E-state index contributed by atoms with van der Waals surface area (Å²) >= 11 is 0. The number of hydrogen-bond acceptors (Lipinski definition) is 4. The van der Waals surface area contributed by atoms with Gasteiger partial charge in [-0.25, -0.2) is 9.97 Å². The number of nitrogens with zero attached hydrogens (tertiary/aromatic N) is 3. The largest absolute Gasteiger partial charge is 0.352 e. The van der Waals surface area contributed by atoms with Gasteiger partial charge in [0.05, 0.1) is 5.56 Å². The molecule has 122 valence electrons. The van der Waals surface area contributed by atoms with Crippen LogP contribution in [-0.2, 0) is 6.54 Å². The van der Waals surface area contributed by atoms with Gasteiger partial charge in [-0.3, -0.25) is 4.79 Å². The maximum atomic E-state index is 12.7. The van der Waals surface area contributed by atoms with Crippen molar-refractivity contribution in [2.24, 2.45) is 0 Å². The Bertz CT molecular complexity index is 623. The minimum absolute atomic E-state index is 0.0556. The van der Waals surface area contributed by atoms with Gasteiger partial charge in [-0.05, 0) is 33.3 Å². The summed E-state index contributed by atoms with van der Waals surface area (Å²) in [6.45, 7) is 8.63. The van der Waals surface area contributed by atoms with Gasteiger partial charge in [0, 0.05) is 31.0 Å². The predicted octanol–water partition coefficient (Wildman–Crippen LogP) is 3.35. The van der Waals surface area contributed by atoms with Crippen molar-refractivity contribution in [1.29, 1.82) is 0 Å². The van der Waals surface area contributed by atoms with E-state index >= 15 is 0 Å². The van der Waals surface area contributed by atoms with Gasteiger partial charge in [-0.15, -0.1) is 0 Å². The lowest BCUT2D eigenvalue weighted by atomic mass is 10.1. The molecule has 1 N–H and O–H groups in total. The number of hydrogen-bond donors (Lipinski definition) is 1. The first-order chi connectivity index (χ1) is 11.0. The molecule has 0 aliphatic heterocycles. The Kier molecular flexibility index (Phi) is 5.68. The van der Waals surface area contributed by atoms with Crippen LogP contribution in [0.4, 0.5) is 5.95 Å². The molecule has 0 saturated carbocycles. The Morgan fingerprint density at radius 1 is 1.09 bits per heavy atom. The molecule has 1 heterocycles. The summed E-state index contributed by atoms with van der Waals surface area (Å²) < 4.78 is 0. The molecule has 5 nitrogen and oxygen atoms in total. The Hall–Kier alpha value is -2.43. The molecule has 0 aliphatic rings. The molecule has 2 aromatic rings. The van der Waals surface area contributed by atoms with Crippen molar-refractivity contribution in [3.8, 4) is 0 Å². The number of rotatable bonds is 6. The molecule has 2 rings (SSSR count). The zero-order valence-corrected chi connectivity index (χ0v) is 14.2. The topological polar surface area (TPSA) is 58.1 Å². The van der Waals surface area contributed by atoms with Crippen molar-refractivity contribution in [2.45, 2.75) is 46.3 Å². The lowest BCUT2D eigenvalue weighted by Crippen LogP contribution is -2.36. The van der Waals surface area contributed by atoms with Crippen LogP contribution in [0.15, 0.2) is 42.7 Å². The van der Waals surface area contributed by atoms with E-state index in [1.54, 1.807) is 12.4 Å². The second kappa shape index (κ2) is 7.72. The van der Waals surface area contributed by atoms with Gasteiger partial charge >= 0.3 is 0 Å². The maximum absolute atomic E-state index is 12.7. The summed E-state index contributed by atoms with van der Waals surface area (Å²) in [4.78, 5) is 23.0. The molecule has 0 fully saturated rings. The van der Waals surface area contributed by atoms with Crippen LogP contribution in [0.1, 0.15) is 43.6 Å². The van der Waals surface area contributed by atoms with E-state index in [0.29, 0.717) is 18.1 Å². The summed E-state index contributed by atoms with van der Waals surface area (Å²) in [5, 5.41) is 3.12. The van der Waals surface area contributed by atoms with Gasteiger partial charge in [-0.1, -0.05) is 30.3 Å². The van der Waals surface area contributed by atoms with E-state index in [9.17, 15) is 4.79 Å². The van der Waals surface area contributed by atoms with E-state index in [0.717, 1.165) is 5.56 Å². The molecule has 0 unspecified atom stereocenters. The maximum Gasteiger partial charge on any atom is 0.257 e. The monoisotopic (exact) mass is 312 g/mol. The third-order valence-corrected chi connectivity index (χ3v) is 3.40. The van der Waals surface area contributed by atoms with Crippen LogP contribution in [0.25, 0.3) is 0 Å². The molecule has 0 aliphatic carbocycles. The van der Waals surface area contributed by atoms with Gasteiger partial charge in [0.2, 0.25) is 5.95 Å². The summed E-state index contributed by atoms with van der Waals surface area (Å²) in [7, 11) is 0. The zero-order chi connectivity index (χ0) is 16.8. The smallest absolute Gasteiger partial charge is 0.257 e. The molecule has 1 amide bonds. The van der Waals surface area contributed by atoms with Crippen LogP contribution in [0.3, 0.4) is 0 Å². The van der Waals surface area contributed by atoms with E-state index in [1.807, 2.05) is 62.9 Å². The molecule has 1 aromatic heterocycles. The fraction of sp³-hybridized carbons (Fsp3) is 0.389. The lowest BCUT2D eigenvalue weighted by molar-refractivity contribution is 0.0689. The van der Waals surface area contributed by atoms with Crippen LogP contribution in [0, 0.1) is 0 Å². The van der Waals surface area contributed by atoms with E-state index in [4.69, 9.17) is 0 Å². The second-order valence-electron chi connectivity index (χ2n) is 6.11. The van der Waals surface area contributed by atoms with Crippen molar-refractivity contribution in [2.75, 3.05) is 5.32 Å². The molecule has 0 atom stereocenters. The SMILES string of the molecule is CC(C)Nc1ncc(C(=O)N(Cc2ccccc2)C(C)C)cn1. The zero-order valence-electron chi connectivity index (χ0n) is 14.2. The van der Waals surface area contributed by atoms with E-state index in [2.05, 4.69) is 15.3 Å². The Balaban J connectivity index is 2.14. The van der Waals surface area contributed by atoms with Crippen LogP contribution in [-0.4, -0.2) is 32.9 Å². The van der Waals surface area contributed by atoms with Crippen molar-refractivity contribution in [3.05, 3.63) is 53.9 Å². The van der Waals surface area contributed by atoms with Gasteiger partial charge in [0.25, 0.3) is 5.91 Å². The van der Waals surface area contributed by atoms with Crippen LogP contribution in [0.5, 0.6) is 0 Å². The Morgan fingerprint density at radius 3 is 2.22 bits per heavy atom. The second-order valence-corrected chi connectivity index (χ2v) is 6.11. The van der Waals surface area contributed by atoms with Gasteiger partial charge < -0.3 is 10.2 Å². The molecule has 0 spiro atoms. The first kappa shape index (κ1) is 16.9. The number of carbonyl (C=O) groups excluding carboxylic acids is 1. The van der Waals surface area contributed by atoms with Crippen molar-refractivity contribution < 1.29 is 4.79 Å². The lowest BCUT2D eigenvalue weighted by Gasteiger charge is -2.27. The Labute approximate surface area is 137 Å². The highest BCUT2D eigenvalue weighted by molar-refractivity contribution is 5.93. The average Bonchev–Trinajstić information content (AvgIpc) is 2.53. The summed E-state index contributed by atoms with van der Waals surface area (Å²) in [6, 6.07) is 10.3. The molecule has 0 saturated heterocycles. The van der Waals surface area contributed by atoms with Gasteiger partial charge in [0.15, 0.2) is 0 Å². The number of anilines is 1. The standard InChI is InChI=1S/C18H24N4O/c1-13(2)21-18-19-10-16(11-20-18)17(23)22(14(3)4)12-15-8-6-5-7-9-15/h5-11,13-14H,12H2,1-4H3,(H,19,20,21). The van der Waals surface area contributed by atoms with Crippen molar-refractivity contribution in [3.63, 3.8) is 0 Å². The van der Waals surface area contributed by atoms with Crippen molar-refractivity contribution in [1.82, 2.24) is 14.9 Å². The summed E-state index contributed by atoms with van der Waals surface area (Å²) in [6.07, 6.45) is 3.17. The minimum Gasteiger partial charge on any atom is -0.352 e. The molecule has 0 bridgehead atoms. The molecule has 5 heteroatoms. The molecule has 1 aromatic carbocycles. The summed E-state index contributed by atoms with van der Waals surface area (Å²) in [5.74, 6) is 0.482. The van der Waals surface area contributed by atoms with Crippen LogP contribution < -0.4 is 5.32 Å². The highest BCUT2D eigenvalue weighted by Gasteiger charge is 2.19. The molecular weight excluding hydrogens is 288 g/mol. The predicted molar refractivity (Wildman–Crippen MR) is 92.2 cm³/mol. The third-order valence-electron chi connectivity index (χ3n) is 3.40. The average molecular weight is 312 g/mol. The number of benzene rings is 1. The number of carbonyl (C=O) groups is 1. The number of amides is 1. The van der Waals surface area contributed by atoms with E-state index < -0.39 is 0 Å². The first-order valence-electron chi connectivity index (χ1n) is 7.91. The molecular formula is C18H24N4O. The Morgan fingerprint density at radius 2 is 1.70 bits per heavy atom. The first-order valence-corrected chi connectivity index (χ1v) is 7.91. The molecule has 23 heavy (non-hydrogen) atoms. The third kappa shape index (κ3) is 4.77. The van der Waals surface area contributed by atoms with E-state index in [1.165, 1.54) is 0 Å². The van der Waals surface area contributed by atoms with Crippen LogP contribution in [0.2, 0.25) is 0 Å². The normalized spacial score (nSPS) is 10.9. The number of nitrogens with one attached hydrogen (secondary N) is 1. The van der Waals surface area contributed by atoms with Gasteiger partial charge in [0.1, 0.15) is 0 Å². The van der Waals surface area contributed by atoms with Gasteiger partial charge in [-0.2, -0.15) is 0 Å². The molecule has 0 radical (unpaired) electrons. The van der Waals surface area contributed by atoms with E-state index in [-0.39, 0.29) is 18.0 Å². The quantitative estimate of drug-likeness (QED) is 0.888. The highest BCUT2D eigenvalue weighted by atomic mass is 16.2. The van der Waals surface area contributed by atoms with Crippen LogP contribution >= 0.6 is 0 Å².